The van der Waals surface area contributed by atoms with Crippen LogP contribution in [0.15, 0.2) is 0 Å². The van der Waals surface area contributed by atoms with E-state index in [1.165, 1.54) is 0 Å². The fraction of sp³-hybridized carbons (Fsp3) is 0. The summed E-state index contributed by atoms with van der Waals surface area (Å²) in [6.45, 7) is 0. The van der Waals surface area contributed by atoms with Gasteiger partial charge in [0.25, 0.3) is 0 Å². The molecule has 1 saturated heterocycles. The zero-order valence-corrected chi connectivity index (χ0v) is 8.49. The Bertz CT molecular complexity index is 25.7. The molecule has 1 aliphatic rings. The van der Waals surface area contributed by atoms with E-state index in [2.05, 4.69) is 13.7 Å². The van der Waals surface area contributed by atoms with E-state index in [1.54, 1.807) is 0 Å². The van der Waals surface area contributed by atoms with Gasteiger partial charge in [0.05, 0.1) is 0 Å². The summed E-state index contributed by atoms with van der Waals surface area (Å²) >= 11 is 0. The molecule has 1 aliphatic heterocycles. The van der Waals surface area contributed by atoms with Gasteiger partial charge in [-0.15, -0.1) is 0 Å². The molecule has 0 aromatic carbocycles. The Kier molecular flexibility index (Phi) is 7.14. The van der Waals surface area contributed by atoms with Crippen LogP contribution in [-0.2, 0) is 13.7 Å². The SMILES string of the molecule is B1OBOBO1.[Ba]. The molecule has 32 valence electrons. The maximum Gasteiger partial charge on any atom is 0.410 e. The first kappa shape index (κ1) is 8.65. The van der Waals surface area contributed by atoms with Gasteiger partial charge in [0.15, 0.2) is 0 Å². The minimum absolute atomic E-state index is 0. The fourth-order valence-electron chi connectivity index (χ4n) is 0.279. The molecule has 7 heteroatoms. The van der Waals surface area contributed by atoms with Crippen molar-refractivity contribution < 1.29 is 13.7 Å². The Hall–Kier alpha value is 1.65. The third kappa shape index (κ3) is 4.17. The minimum atomic E-state index is 0. The molecule has 0 aromatic rings. The van der Waals surface area contributed by atoms with E-state index in [-0.39, 0.29) is 48.9 Å². The number of hydrogen-bond acceptors (Lipinski definition) is 3. The first-order valence-electron chi connectivity index (χ1n) is 1.73. The quantitative estimate of drug-likeness (QED) is 0.422. The Morgan fingerprint density at radius 3 is 1.14 bits per heavy atom. The van der Waals surface area contributed by atoms with Gasteiger partial charge < -0.3 is 13.7 Å². The monoisotopic (exact) mass is 222 g/mol. The number of rotatable bonds is 0. The Morgan fingerprint density at radius 1 is 0.714 bits per heavy atom. The van der Waals surface area contributed by atoms with E-state index < -0.39 is 0 Å². The molecule has 1 fully saturated rings. The molecule has 0 N–H and O–H groups in total. The average Bonchev–Trinajstić information content (AvgIpc) is 1.72. The van der Waals surface area contributed by atoms with Crippen molar-refractivity contribution in [1.29, 1.82) is 0 Å². The van der Waals surface area contributed by atoms with Crippen LogP contribution in [0.1, 0.15) is 0 Å². The molecule has 1 heterocycles. The van der Waals surface area contributed by atoms with Gasteiger partial charge >= 0.3 is 23.1 Å². The summed E-state index contributed by atoms with van der Waals surface area (Å²) in [5.74, 6) is 0. The smallest absolute Gasteiger partial charge is 0.410 e. The molecule has 0 aromatic heterocycles. The first-order chi connectivity index (χ1) is 3.00. The van der Waals surface area contributed by atoms with E-state index in [4.69, 9.17) is 0 Å². The van der Waals surface area contributed by atoms with Crippen molar-refractivity contribution in [3.8, 4) is 0 Å². The molecule has 0 bridgehead atoms. The largest absolute Gasteiger partial charge is 0.458 e. The van der Waals surface area contributed by atoms with Gasteiger partial charge in [-0.2, -0.15) is 0 Å². The van der Waals surface area contributed by atoms with Crippen molar-refractivity contribution in [3.63, 3.8) is 0 Å². The van der Waals surface area contributed by atoms with Crippen LogP contribution in [0.3, 0.4) is 0 Å². The van der Waals surface area contributed by atoms with E-state index >= 15 is 0 Å². The summed E-state index contributed by atoms with van der Waals surface area (Å²) in [6, 6.07) is 0. The van der Waals surface area contributed by atoms with Crippen LogP contribution >= 0.6 is 0 Å². The van der Waals surface area contributed by atoms with Gasteiger partial charge in [0.2, 0.25) is 0 Å². The van der Waals surface area contributed by atoms with E-state index in [9.17, 15) is 0 Å². The number of hydrogen-bond donors (Lipinski definition) is 0. The van der Waals surface area contributed by atoms with Crippen LogP contribution in [0.25, 0.3) is 0 Å². The molecule has 0 atom stereocenters. The third-order valence-corrected chi connectivity index (χ3v) is 0.500. The van der Waals surface area contributed by atoms with Gasteiger partial charge in [-0.1, -0.05) is 0 Å². The summed E-state index contributed by atoms with van der Waals surface area (Å²) in [5.41, 5.74) is 0. The summed E-state index contributed by atoms with van der Waals surface area (Å²) in [6.07, 6.45) is 0. The first-order valence-corrected chi connectivity index (χ1v) is 1.73. The van der Waals surface area contributed by atoms with Gasteiger partial charge in [0, 0.05) is 48.9 Å². The second-order valence-electron chi connectivity index (χ2n) is 0.966. The molecule has 0 aliphatic carbocycles. The third-order valence-electron chi connectivity index (χ3n) is 0.500. The van der Waals surface area contributed by atoms with E-state index in [0.29, 0.717) is 23.1 Å². The average molecular weight is 221 g/mol. The summed E-state index contributed by atoms with van der Waals surface area (Å²) < 4.78 is 13.9. The van der Waals surface area contributed by atoms with Crippen LogP contribution in [0.4, 0.5) is 0 Å². The van der Waals surface area contributed by atoms with Crippen molar-refractivity contribution in [2.24, 2.45) is 0 Å². The molecule has 3 nitrogen and oxygen atoms in total. The van der Waals surface area contributed by atoms with Gasteiger partial charge in [-0.25, -0.2) is 0 Å². The normalized spacial score (nSPS) is 17.1. The minimum Gasteiger partial charge on any atom is -0.458 e. The molecule has 0 amide bonds. The van der Waals surface area contributed by atoms with Crippen LogP contribution in [0.2, 0.25) is 0 Å². The predicted molar refractivity (Wildman–Crippen MR) is 30.5 cm³/mol. The molecule has 7 heavy (non-hydrogen) atoms. The van der Waals surface area contributed by atoms with E-state index in [1.807, 2.05) is 0 Å². The Morgan fingerprint density at radius 2 is 1.00 bits per heavy atom. The molecule has 2 radical (unpaired) electrons. The van der Waals surface area contributed by atoms with Crippen LogP contribution in [0.5, 0.6) is 0 Å². The van der Waals surface area contributed by atoms with Crippen molar-refractivity contribution in [3.05, 3.63) is 0 Å². The second kappa shape index (κ2) is 5.78. The van der Waals surface area contributed by atoms with Crippen molar-refractivity contribution in [2.45, 2.75) is 0 Å². The van der Waals surface area contributed by atoms with Crippen LogP contribution in [-0.4, -0.2) is 71.9 Å². The molecule has 0 saturated carbocycles. The maximum atomic E-state index is 4.62. The van der Waals surface area contributed by atoms with Crippen LogP contribution in [0, 0.1) is 0 Å². The van der Waals surface area contributed by atoms with Crippen molar-refractivity contribution in [2.75, 3.05) is 0 Å². The van der Waals surface area contributed by atoms with Gasteiger partial charge in [0.1, 0.15) is 0 Å². The molecular formula is H3B3BaO3. The summed E-state index contributed by atoms with van der Waals surface area (Å²) in [5, 5.41) is 0. The molecule has 0 unspecified atom stereocenters. The van der Waals surface area contributed by atoms with E-state index in [0.717, 1.165) is 0 Å². The molecular weight excluding hydrogens is 218 g/mol. The van der Waals surface area contributed by atoms with Crippen molar-refractivity contribution >= 4 is 71.9 Å². The van der Waals surface area contributed by atoms with Crippen LogP contribution < -0.4 is 0 Å². The maximum absolute atomic E-state index is 4.62. The molecule has 1 rings (SSSR count). The Balaban J connectivity index is 0.000000360. The predicted octanol–water partition coefficient (Wildman–Crippen LogP) is -2.53. The standard InChI is InChI=1S/B3H3O3.Ba/c1-4-2-6-3-5-1;/h1-3H;. The topological polar surface area (TPSA) is 27.7 Å². The fourth-order valence-corrected chi connectivity index (χ4v) is 0.279. The van der Waals surface area contributed by atoms with Gasteiger partial charge in [-0.3, -0.25) is 0 Å². The Labute approximate surface area is 84.5 Å². The summed E-state index contributed by atoms with van der Waals surface area (Å²) in [4.78, 5) is 0. The van der Waals surface area contributed by atoms with Gasteiger partial charge in [-0.05, 0) is 0 Å². The van der Waals surface area contributed by atoms with Crippen molar-refractivity contribution in [1.82, 2.24) is 0 Å². The zero-order valence-electron chi connectivity index (χ0n) is 4.05. The zero-order chi connectivity index (χ0) is 4.24. The molecule has 0 spiro atoms. The second-order valence-corrected chi connectivity index (χ2v) is 0.966. The summed E-state index contributed by atoms with van der Waals surface area (Å²) in [7, 11) is 1.12.